The van der Waals surface area contributed by atoms with Gasteiger partial charge in [0.15, 0.2) is 0 Å². The van der Waals surface area contributed by atoms with Crippen LogP contribution in [0.3, 0.4) is 0 Å². The highest BCUT2D eigenvalue weighted by molar-refractivity contribution is 5.94. The summed E-state index contributed by atoms with van der Waals surface area (Å²) in [6.07, 6.45) is 4.04. The number of hydrogen-bond acceptors (Lipinski definition) is 3. The predicted octanol–water partition coefficient (Wildman–Crippen LogP) is 1.10. The first-order chi connectivity index (χ1) is 7.33. The van der Waals surface area contributed by atoms with Crippen molar-refractivity contribution in [1.29, 1.82) is 0 Å². The average molecular weight is 208 g/mol. The molecule has 1 saturated heterocycles. The molecule has 0 aliphatic carbocycles. The van der Waals surface area contributed by atoms with E-state index in [9.17, 15) is 4.79 Å². The van der Waals surface area contributed by atoms with Crippen molar-refractivity contribution < 1.29 is 9.21 Å². The van der Waals surface area contributed by atoms with E-state index in [1.165, 1.54) is 12.5 Å². The first-order valence-electron chi connectivity index (χ1n) is 5.36. The molecule has 15 heavy (non-hydrogen) atoms. The van der Waals surface area contributed by atoms with Crippen molar-refractivity contribution in [3.05, 3.63) is 24.2 Å². The normalized spacial score (nSPS) is 16.1. The van der Waals surface area contributed by atoms with Crippen LogP contribution in [-0.2, 0) is 0 Å². The molecular formula is C11H16N2O2. The maximum Gasteiger partial charge on any atom is 0.257 e. The zero-order valence-electron chi connectivity index (χ0n) is 8.90. The summed E-state index contributed by atoms with van der Waals surface area (Å²) >= 11 is 0. The fourth-order valence-electron chi connectivity index (χ4n) is 1.74. The molecule has 1 aliphatic heterocycles. The largest absolute Gasteiger partial charge is 0.472 e. The molecule has 0 unspecified atom stereocenters. The highest BCUT2D eigenvalue weighted by atomic mass is 16.3. The van der Waals surface area contributed by atoms with Crippen LogP contribution in [0.4, 0.5) is 0 Å². The summed E-state index contributed by atoms with van der Waals surface area (Å²) in [5.74, 6) is 0.0806. The van der Waals surface area contributed by atoms with Crippen LogP contribution in [0.1, 0.15) is 23.7 Å². The van der Waals surface area contributed by atoms with Gasteiger partial charge in [0.2, 0.25) is 0 Å². The van der Waals surface area contributed by atoms with Crippen molar-refractivity contribution in [3.63, 3.8) is 0 Å². The van der Waals surface area contributed by atoms with E-state index >= 15 is 0 Å². The molecular weight excluding hydrogens is 192 g/mol. The molecule has 4 nitrogen and oxygen atoms in total. The molecule has 2 rings (SSSR count). The Morgan fingerprint density at radius 2 is 2.47 bits per heavy atom. The Balaban J connectivity index is 2.06. The van der Waals surface area contributed by atoms with Gasteiger partial charge >= 0.3 is 0 Å². The van der Waals surface area contributed by atoms with Crippen LogP contribution in [-0.4, -0.2) is 36.5 Å². The molecule has 4 heteroatoms. The van der Waals surface area contributed by atoms with E-state index in [1.54, 1.807) is 6.07 Å². The average Bonchev–Trinajstić information content (AvgIpc) is 2.66. The van der Waals surface area contributed by atoms with Crippen LogP contribution in [0.25, 0.3) is 0 Å². The Kier molecular flexibility index (Phi) is 3.06. The minimum absolute atomic E-state index is 0.0806. The van der Waals surface area contributed by atoms with Gasteiger partial charge < -0.3 is 14.6 Å². The number of nitrogens with zero attached hydrogens (tertiary/aromatic N) is 1. The van der Waals surface area contributed by atoms with Crippen molar-refractivity contribution in [2.45, 2.75) is 19.4 Å². The zero-order chi connectivity index (χ0) is 10.7. The second kappa shape index (κ2) is 4.49. The van der Waals surface area contributed by atoms with E-state index in [-0.39, 0.29) is 5.91 Å². The summed E-state index contributed by atoms with van der Waals surface area (Å²) < 4.78 is 4.93. The second-order valence-corrected chi connectivity index (χ2v) is 3.82. The molecule has 0 aromatic carbocycles. The number of amides is 1. The second-order valence-electron chi connectivity index (χ2n) is 3.82. The Hall–Kier alpha value is -1.29. The van der Waals surface area contributed by atoms with Gasteiger partial charge in [-0.15, -0.1) is 0 Å². The maximum absolute atomic E-state index is 12.1. The van der Waals surface area contributed by atoms with E-state index < -0.39 is 0 Å². The van der Waals surface area contributed by atoms with Crippen LogP contribution in [0.15, 0.2) is 23.0 Å². The lowest BCUT2D eigenvalue weighted by atomic mass is 10.1. The number of furan rings is 1. The van der Waals surface area contributed by atoms with Crippen molar-refractivity contribution in [3.8, 4) is 0 Å². The fraction of sp³-hybridized carbons (Fsp3) is 0.545. The molecule has 1 aliphatic rings. The Labute approximate surface area is 89.2 Å². The smallest absolute Gasteiger partial charge is 0.257 e. The van der Waals surface area contributed by atoms with Crippen molar-refractivity contribution in [2.75, 3.05) is 19.6 Å². The van der Waals surface area contributed by atoms with E-state index in [2.05, 4.69) is 12.2 Å². The van der Waals surface area contributed by atoms with Gasteiger partial charge in [-0.3, -0.25) is 4.79 Å². The lowest BCUT2D eigenvalue weighted by Crippen LogP contribution is -2.59. The van der Waals surface area contributed by atoms with Gasteiger partial charge in [0.25, 0.3) is 5.91 Å². The van der Waals surface area contributed by atoms with Gasteiger partial charge in [0, 0.05) is 19.6 Å². The van der Waals surface area contributed by atoms with Gasteiger partial charge in [-0.2, -0.15) is 0 Å². The maximum atomic E-state index is 12.1. The number of carbonyl (C=O) groups is 1. The minimum Gasteiger partial charge on any atom is -0.472 e. The van der Waals surface area contributed by atoms with Gasteiger partial charge in [-0.05, 0) is 12.5 Å². The summed E-state index contributed by atoms with van der Waals surface area (Å²) in [5.41, 5.74) is 0.648. The molecule has 1 aromatic heterocycles. The lowest BCUT2D eigenvalue weighted by Gasteiger charge is -2.38. The number of hydrogen-bond donors (Lipinski definition) is 1. The molecule has 1 aromatic rings. The van der Waals surface area contributed by atoms with E-state index in [4.69, 9.17) is 4.42 Å². The predicted molar refractivity (Wildman–Crippen MR) is 56.7 cm³/mol. The standard InChI is InChI=1S/C11H16N2O2/c1-2-4-13(10-6-12-7-10)11(14)9-3-5-15-8-9/h3,5,8,10,12H,2,4,6-7H2,1H3. The molecule has 0 atom stereocenters. The molecule has 0 saturated carbocycles. The van der Waals surface area contributed by atoms with Crippen molar-refractivity contribution >= 4 is 5.91 Å². The van der Waals surface area contributed by atoms with Gasteiger partial charge in [-0.25, -0.2) is 0 Å². The lowest BCUT2D eigenvalue weighted by molar-refractivity contribution is 0.0615. The van der Waals surface area contributed by atoms with E-state index in [1.807, 2.05) is 4.90 Å². The molecule has 2 heterocycles. The highest BCUT2D eigenvalue weighted by Crippen LogP contribution is 2.12. The fourth-order valence-corrected chi connectivity index (χ4v) is 1.74. The summed E-state index contributed by atoms with van der Waals surface area (Å²) in [5, 5.41) is 3.18. The highest BCUT2D eigenvalue weighted by Gasteiger charge is 2.28. The topological polar surface area (TPSA) is 45.5 Å². The van der Waals surface area contributed by atoms with E-state index in [0.717, 1.165) is 26.1 Å². The van der Waals surface area contributed by atoms with Crippen molar-refractivity contribution in [2.24, 2.45) is 0 Å². The Bertz CT molecular complexity index is 317. The molecule has 0 bridgehead atoms. The van der Waals surface area contributed by atoms with Crippen molar-refractivity contribution in [1.82, 2.24) is 10.2 Å². The third-order valence-electron chi connectivity index (χ3n) is 2.69. The number of rotatable bonds is 4. The van der Waals surface area contributed by atoms with Crippen LogP contribution in [0.2, 0.25) is 0 Å². The number of nitrogens with one attached hydrogen (secondary N) is 1. The molecule has 1 fully saturated rings. The Morgan fingerprint density at radius 1 is 1.67 bits per heavy atom. The monoisotopic (exact) mass is 208 g/mol. The SMILES string of the molecule is CCCN(C(=O)c1ccoc1)C1CNC1. The molecule has 0 radical (unpaired) electrons. The van der Waals surface area contributed by atoms with Gasteiger partial charge in [0.05, 0.1) is 17.9 Å². The van der Waals surface area contributed by atoms with E-state index in [0.29, 0.717) is 11.6 Å². The summed E-state index contributed by atoms with van der Waals surface area (Å²) in [6, 6.07) is 2.07. The van der Waals surface area contributed by atoms with Crippen LogP contribution < -0.4 is 5.32 Å². The van der Waals surface area contributed by atoms with Crippen LogP contribution in [0.5, 0.6) is 0 Å². The van der Waals surface area contributed by atoms with Crippen LogP contribution >= 0.6 is 0 Å². The Morgan fingerprint density at radius 3 is 2.93 bits per heavy atom. The first kappa shape index (κ1) is 10.2. The van der Waals surface area contributed by atoms with Gasteiger partial charge in [0.1, 0.15) is 6.26 Å². The molecule has 82 valence electrons. The molecule has 1 amide bonds. The summed E-state index contributed by atoms with van der Waals surface area (Å²) in [6.45, 7) is 4.71. The van der Waals surface area contributed by atoms with Crippen LogP contribution in [0, 0.1) is 0 Å². The number of carbonyl (C=O) groups excluding carboxylic acids is 1. The summed E-state index contributed by atoms with van der Waals surface area (Å²) in [4.78, 5) is 14.0. The quantitative estimate of drug-likeness (QED) is 0.806. The zero-order valence-corrected chi connectivity index (χ0v) is 8.90. The third kappa shape index (κ3) is 2.04. The molecule has 1 N–H and O–H groups in total. The molecule has 0 spiro atoms. The first-order valence-corrected chi connectivity index (χ1v) is 5.36. The summed E-state index contributed by atoms with van der Waals surface area (Å²) in [7, 11) is 0. The third-order valence-corrected chi connectivity index (χ3v) is 2.69. The minimum atomic E-state index is 0.0806. The van der Waals surface area contributed by atoms with Gasteiger partial charge in [-0.1, -0.05) is 6.92 Å².